The zero-order valence-corrected chi connectivity index (χ0v) is 15.9. The standard InChI is InChI=1S/C20H27FN2O3/c1-6-14-11-16(17(21)10-13(14)2)18(24)22-15-8-7-9-23(12-15)19(25)26-20(3,4)5/h6,10-11,15H,1,7-9,12H2,2-5H3,(H,22,24)/t15-/m0/s1. The summed E-state index contributed by atoms with van der Waals surface area (Å²) >= 11 is 0. The summed E-state index contributed by atoms with van der Waals surface area (Å²) in [6, 6.07) is 2.60. The van der Waals surface area contributed by atoms with Crippen molar-refractivity contribution in [2.45, 2.75) is 52.2 Å². The molecule has 1 atom stereocenters. The monoisotopic (exact) mass is 362 g/mol. The van der Waals surface area contributed by atoms with Crippen molar-refractivity contribution < 1.29 is 18.7 Å². The minimum Gasteiger partial charge on any atom is -0.444 e. The number of amides is 2. The van der Waals surface area contributed by atoms with Gasteiger partial charge in [0.1, 0.15) is 11.4 Å². The third-order valence-corrected chi connectivity index (χ3v) is 4.23. The molecule has 0 aromatic heterocycles. The lowest BCUT2D eigenvalue weighted by molar-refractivity contribution is 0.0185. The van der Waals surface area contributed by atoms with Crippen LogP contribution in [0.1, 0.15) is 55.1 Å². The fraction of sp³-hybridized carbons (Fsp3) is 0.500. The second kappa shape index (κ2) is 7.89. The third kappa shape index (κ3) is 5.07. The first-order valence-electron chi connectivity index (χ1n) is 8.82. The number of benzene rings is 1. The van der Waals surface area contributed by atoms with Crippen LogP contribution in [0.5, 0.6) is 0 Å². The van der Waals surface area contributed by atoms with E-state index in [1.165, 1.54) is 12.1 Å². The normalized spacial score (nSPS) is 17.6. The van der Waals surface area contributed by atoms with Crippen LogP contribution in [0, 0.1) is 12.7 Å². The molecule has 1 saturated heterocycles. The summed E-state index contributed by atoms with van der Waals surface area (Å²) in [5.41, 5.74) is 0.859. The maximum Gasteiger partial charge on any atom is 0.410 e. The van der Waals surface area contributed by atoms with Crippen molar-refractivity contribution in [2.24, 2.45) is 0 Å². The van der Waals surface area contributed by atoms with Crippen LogP contribution in [-0.4, -0.2) is 41.6 Å². The molecule has 1 aromatic carbocycles. The van der Waals surface area contributed by atoms with Crippen LogP contribution < -0.4 is 5.32 Å². The Bertz CT molecular complexity index is 710. The van der Waals surface area contributed by atoms with Crippen LogP contribution in [0.25, 0.3) is 6.08 Å². The lowest BCUT2D eigenvalue weighted by Crippen LogP contribution is -2.50. The summed E-state index contributed by atoms with van der Waals surface area (Å²) in [5.74, 6) is -1.05. The zero-order valence-electron chi connectivity index (χ0n) is 15.9. The van der Waals surface area contributed by atoms with Crippen LogP contribution in [0.4, 0.5) is 9.18 Å². The Morgan fingerprint density at radius 1 is 1.38 bits per heavy atom. The highest BCUT2D eigenvalue weighted by molar-refractivity contribution is 5.95. The first kappa shape index (κ1) is 19.9. The van der Waals surface area contributed by atoms with Crippen molar-refractivity contribution in [3.05, 3.63) is 41.2 Å². The molecule has 5 nitrogen and oxygen atoms in total. The second-order valence-corrected chi connectivity index (χ2v) is 7.63. The summed E-state index contributed by atoms with van der Waals surface area (Å²) in [6.45, 7) is 11.8. The Morgan fingerprint density at radius 3 is 2.69 bits per heavy atom. The average molecular weight is 362 g/mol. The van der Waals surface area contributed by atoms with Crippen LogP contribution >= 0.6 is 0 Å². The molecule has 1 aliphatic rings. The average Bonchev–Trinajstić information content (AvgIpc) is 2.53. The van der Waals surface area contributed by atoms with E-state index in [0.29, 0.717) is 13.1 Å². The van der Waals surface area contributed by atoms with Crippen molar-refractivity contribution in [3.8, 4) is 0 Å². The summed E-state index contributed by atoms with van der Waals surface area (Å²) in [6.07, 6.45) is 2.67. The molecular formula is C20H27FN2O3. The van der Waals surface area contributed by atoms with E-state index in [1.807, 2.05) is 20.8 Å². The Kier molecular flexibility index (Phi) is 6.05. The fourth-order valence-electron chi connectivity index (χ4n) is 2.93. The highest BCUT2D eigenvalue weighted by Gasteiger charge is 2.29. The Morgan fingerprint density at radius 2 is 2.08 bits per heavy atom. The minimum atomic E-state index is -0.570. The largest absolute Gasteiger partial charge is 0.444 e. The molecule has 142 valence electrons. The van der Waals surface area contributed by atoms with Gasteiger partial charge < -0.3 is 15.0 Å². The van der Waals surface area contributed by atoms with Gasteiger partial charge in [0, 0.05) is 19.1 Å². The molecule has 2 amide bonds. The molecule has 1 heterocycles. The molecule has 0 saturated carbocycles. The van der Waals surface area contributed by atoms with Gasteiger partial charge >= 0.3 is 6.09 Å². The molecule has 0 bridgehead atoms. The van der Waals surface area contributed by atoms with Gasteiger partial charge in [0.15, 0.2) is 0 Å². The highest BCUT2D eigenvalue weighted by Crippen LogP contribution is 2.19. The molecule has 0 unspecified atom stereocenters. The molecule has 1 N–H and O–H groups in total. The third-order valence-electron chi connectivity index (χ3n) is 4.23. The molecule has 1 aromatic rings. The van der Waals surface area contributed by atoms with Gasteiger partial charge in [0.2, 0.25) is 0 Å². The van der Waals surface area contributed by atoms with Gasteiger partial charge in [-0.25, -0.2) is 9.18 Å². The Labute approximate surface area is 154 Å². The molecule has 0 spiro atoms. The molecule has 6 heteroatoms. The number of hydrogen-bond acceptors (Lipinski definition) is 3. The van der Waals surface area contributed by atoms with Gasteiger partial charge in [-0.1, -0.05) is 12.7 Å². The predicted octanol–water partition coefficient (Wildman–Crippen LogP) is 3.91. The van der Waals surface area contributed by atoms with E-state index < -0.39 is 23.4 Å². The van der Waals surface area contributed by atoms with Gasteiger partial charge in [0.25, 0.3) is 5.91 Å². The smallest absolute Gasteiger partial charge is 0.410 e. The number of hydrogen-bond donors (Lipinski definition) is 1. The molecule has 1 fully saturated rings. The van der Waals surface area contributed by atoms with Crippen molar-refractivity contribution in [2.75, 3.05) is 13.1 Å². The summed E-state index contributed by atoms with van der Waals surface area (Å²) in [4.78, 5) is 26.3. The SMILES string of the molecule is C=Cc1cc(C(=O)N[C@H]2CCCN(C(=O)OC(C)(C)C)C2)c(F)cc1C. The van der Waals surface area contributed by atoms with E-state index in [9.17, 15) is 14.0 Å². The van der Waals surface area contributed by atoms with Crippen LogP contribution in [-0.2, 0) is 4.74 Å². The number of carbonyl (C=O) groups is 2. The van der Waals surface area contributed by atoms with E-state index in [0.717, 1.165) is 24.0 Å². The number of halogens is 1. The quantitative estimate of drug-likeness (QED) is 0.887. The Hall–Kier alpha value is -2.37. The molecule has 26 heavy (non-hydrogen) atoms. The summed E-state index contributed by atoms with van der Waals surface area (Å²) in [5, 5.41) is 2.83. The molecular weight excluding hydrogens is 335 g/mol. The van der Waals surface area contributed by atoms with Crippen molar-refractivity contribution >= 4 is 18.1 Å². The topological polar surface area (TPSA) is 58.6 Å². The molecule has 0 radical (unpaired) electrons. The molecule has 0 aliphatic carbocycles. The number of carbonyl (C=O) groups excluding carboxylic acids is 2. The molecule has 2 rings (SSSR count). The Balaban J connectivity index is 2.05. The number of piperidine rings is 1. The maximum absolute atomic E-state index is 14.2. The van der Waals surface area contributed by atoms with E-state index in [1.54, 1.807) is 17.9 Å². The summed E-state index contributed by atoms with van der Waals surface area (Å²) < 4.78 is 19.6. The van der Waals surface area contributed by atoms with E-state index in [2.05, 4.69) is 11.9 Å². The first-order valence-corrected chi connectivity index (χ1v) is 8.82. The number of aryl methyl sites for hydroxylation is 1. The van der Waals surface area contributed by atoms with Gasteiger partial charge in [0.05, 0.1) is 5.56 Å². The second-order valence-electron chi connectivity index (χ2n) is 7.63. The van der Waals surface area contributed by atoms with E-state index in [4.69, 9.17) is 4.74 Å². The van der Waals surface area contributed by atoms with E-state index in [-0.39, 0.29) is 11.6 Å². The number of nitrogens with zero attached hydrogens (tertiary/aromatic N) is 1. The van der Waals surface area contributed by atoms with Crippen molar-refractivity contribution in [1.29, 1.82) is 0 Å². The lowest BCUT2D eigenvalue weighted by atomic mass is 10.0. The number of nitrogens with one attached hydrogen (secondary N) is 1. The van der Waals surface area contributed by atoms with Crippen LogP contribution in [0.3, 0.4) is 0 Å². The minimum absolute atomic E-state index is 0.0140. The van der Waals surface area contributed by atoms with Crippen molar-refractivity contribution in [3.63, 3.8) is 0 Å². The fourth-order valence-corrected chi connectivity index (χ4v) is 2.93. The number of rotatable bonds is 3. The number of likely N-dealkylation sites (tertiary alicyclic amines) is 1. The van der Waals surface area contributed by atoms with Gasteiger partial charge in [-0.2, -0.15) is 0 Å². The lowest BCUT2D eigenvalue weighted by Gasteiger charge is -2.34. The van der Waals surface area contributed by atoms with Gasteiger partial charge in [-0.15, -0.1) is 0 Å². The summed E-state index contributed by atoms with van der Waals surface area (Å²) in [7, 11) is 0. The van der Waals surface area contributed by atoms with Crippen LogP contribution in [0.2, 0.25) is 0 Å². The predicted molar refractivity (Wildman–Crippen MR) is 99.5 cm³/mol. The number of ether oxygens (including phenoxy) is 1. The van der Waals surface area contributed by atoms with Crippen molar-refractivity contribution in [1.82, 2.24) is 10.2 Å². The zero-order chi connectivity index (χ0) is 19.5. The first-order chi connectivity index (χ1) is 12.1. The van der Waals surface area contributed by atoms with Crippen LogP contribution in [0.15, 0.2) is 18.7 Å². The molecule has 1 aliphatic heterocycles. The maximum atomic E-state index is 14.2. The highest BCUT2D eigenvalue weighted by atomic mass is 19.1. The van der Waals surface area contributed by atoms with E-state index >= 15 is 0 Å². The van der Waals surface area contributed by atoms with Gasteiger partial charge in [-0.05, 0) is 63.8 Å². The van der Waals surface area contributed by atoms with Gasteiger partial charge in [-0.3, -0.25) is 4.79 Å².